The lowest BCUT2D eigenvalue weighted by Crippen LogP contribution is -2.19. The Hall–Kier alpha value is -4.15. The van der Waals surface area contributed by atoms with Crippen molar-refractivity contribution in [2.24, 2.45) is 0 Å². The van der Waals surface area contributed by atoms with E-state index >= 15 is 0 Å². The molecule has 3 rings (SSSR count). The van der Waals surface area contributed by atoms with Crippen molar-refractivity contribution in [3.05, 3.63) is 57.1 Å². The number of nitrogens with zero attached hydrogens (tertiary/aromatic N) is 1. The molecule has 1 aliphatic rings. The fourth-order valence-electron chi connectivity index (χ4n) is 2.78. The molecule has 0 radical (unpaired) electrons. The van der Waals surface area contributed by atoms with Gasteiger partial charge in [0.2, 0.25) is 0 Å². The van der Waals surface area contributed by atoms with E-state index in [1.807, 2.05) is 0 Å². The van der Waals surface area contributed by atoms with Gasteiger partial charge in [0, 0.05) is 11.8 Å². The molecule has 0 aliphatic carbocycles. The van der Waals surface area contributed by atoms with Crippen LogP contribution in [0.3, 0.4) is 0 Å². The molecule has 1 N–H and O–H groups in total. The minimum Gasteiger partial charge on any atom is -0.486 e. The van der Waals surface area contributed by atoms with Gasteiger partial charge in [-0.15, -0.1) is 0 Å². The molecular weight excluding hydrogens is 400 g/mol. The summed E-state index contributed by atoms with van der Waals surface area (Å²) in [4.78, 5) is 47.3. The number of carbonyl (C=O) groups excluding carboxylic acids is 3. The Kier molecular flexibility index (Phi) is 5.81. The molecule has 0 atom stereocenters. The van der Waals surface area contributed by atoms with Crippen LogP contribution in [0.1, 0.15) is 31.1 Å². The second-order valence-corrected chi connectivity index (χ2v) is 6.01. The topological polar surface area (TPSA) is 143 Å². The maximum absolute atomic E-state index is 12.8. The molecule has 156 valence electrons. The first-order valence-electron chi connectivity index (χ1n) is 8.55. The van der Waals surface area contributed by atoms with Crippen LogP contribution in [0.4, 0.5) is 11.4 Å². The van der Waals surface area contributed by atoms with Crippen LogP contribution in [-0.2, 0) is 9.47 Å². The number of nitro groups is 1. The molecule has 2 aromatic rings. The van der Waals surface area contributed by atoms with E-state index in [9.17, 15) is 24.5 Å². The van der Waals surface area contributed by atoms with E-state index in [4.69, 9.17) is 9.47 Å². The molecule has 11 heteroatoms. The highest BCUT2D eigenvalue weighted by Crippen LogP contribution is 2.37. The first-order valence-corrected chi connectivity index (χ1v) is 8.55. The average Bonchev–Trinajstić information content (AvgIpc) is 2.76. The Bertz CT molecular complexity index is 1010. The summed E-state index contributed by atoms with van der Waals surface area (Å²) in [6.07, 6.45) is 0. The van der Waals surface area contributed by atoms with Crippen LogP contribution < -0.4 is 14.8 Å². The highest BCUT2D eigenvalue weighted by atomic mass is 16.6. The lowest BCUT2D eigenvalue weighted by Gasteiger charge is -2.19. The van der Waals surface area contributed by atoms with E-state index in [1.165, 1.54) is 24.3 Å². The fraction of sp³-hybridized carbons (Fsp3) is 0.211. The van der Waals surface area contributed by atoms with E-state index in [-0.39, 0.29) is 47.1 Å². The van der Waals surface area contributed by atoms with Crippen molar-refractivity contribution < 1.29 is 38.3 Å². The average molecular weight is 416 g/mol. The first-order chi connectivity index (χ1) is 14.3. The van der Waals surface area contributed by atoms with E-state index < -0.39 is 28.5 Å². The number of rotatable bonds is 5. The van der Waals surface area contributed by atoms with Crippen molar-refractivity contribution in [1.29, 1.82) is 0 Å². The van der Waals surface area contributed by atoms with Gasteiger partial charge in [0.25, 0.3) is 11.6 Å². The number of amides is 1. The highest BCUT2D eigenvalue weighted by Gasteiger charge is 2.27. The number of ether oxygens (including phenoxy) is 4. The monoisotopic (exact) mass is 416 g/mol. The maximum Gasteiger partial charge on any atom is 0.337 e. The van der Waals surface area contributed by atoms with Crippen LogP contribution in [0.15, 0.2) is 30.3 Å². The maximum atomic E-state index is 12.8. The number of nitrogens with one attached hydrogen (secondary N) is 1. The Morgan fingerprint density at radius 3 is 1.97 bits per heavy atom. The molecule has 0 fully saturated rings. The molecule has 2 aromatic carbocycles. The van der Waals surface area contributed by atoms with Crippen LogP contribution in [-0.4, -0.2) is 50.2 Å². The molecular formula is C19H16N2O9. The highest BCUT2D eigenvalue weighted by molar-refractivity contribution is 6.08. The molecule has 0 saturated heterocycles. The van der Waals surface area contributed by atoms with Gasteiger partial charge in [0.15, 0.2) is 11.5 Å². The number of hydrogen-bond donors (Lipinski definition) is 1. The fourth-order valence-corrected chi connectivity index (χ4v) is 2.78. The van der Waals surface area contributed by atoms with Gasteiger partial charge in [-0.2, -0.15) is 0 Å². The number of nitro benzene ring substituents is 1. The zero-order chi connectivity index (χ0) is 21.8. The number of esters is 2. The number of benzene rings is 2. The van der Waals surface area contributed by atoms with Gasteiger partial charge < -0.3 is 24.3 Å². The molecule has 0 unspecified atom stereocenters. The normalized spacial score (nSPS) is 11.9. The van der Waals surface area contributed by atoms with Gasteiger partial charge in [0.05, 0.1) is 36.3 Å². The number of hydrogen-bond acceptors (Lipinski definition) is 9. The molecule has 1 aliphatic heterocycles. The lowest BCUT2D eigenvalue weighted by molar-refractivity contribution is -0.385. The lowest BCUT2D eigenvalue weighted by atomic mass is 10.1. The van der Waals surface area contributed by atoms with Crippen LogP contribution in [0.5, 0.6) is 11.5 Å². The Morgan fingerprint density at radius 2 is 1.47 bits per heavy atom. The third kappa shape index (κ3) is 4.14. The predicted molar refractivity (Wildman–Crippen MR) is 101 cm³/mol. The smallest absolute Gasteiger partial charge is 0.337 e. The third-order valence-corrected chi connectivity index (χ3v) is 4.13. The van der Waals surface area contributed by atoms with E-state index in [0.29, 0.717) is 0 Å². The van der Waals surface area contributed by atoms with Crippen molar-refractivity contribution in [3.8, 4) is 11.5 Å². The predicted octanol–water partition coefficient (Wildman–Crippen LogP) is 2.19. The molecule has 30 heavy (non-hydrogen) atoms. The van der Waals surface area contributed by atoms with Gasteiger partial charge in [-0.25, -0.2) is 9.59 Å². The zero-order valence-corrected chi connectivity index (χ0v) is 15.9. The standard InChI is InChI=1S/C19H16N2O9/c1-27-18(23)10-5-11(19(24)28-2)7-12(6-10)20-17(22)13-8-15-16(30-4-3-29-15)9-14(13)21(25)26/h5-9H,3-4H2,1-2H3,(H,20,22). The van der Waals surface area contributed by atoms with Gasteiger partial charge >= 0.3 is 11.9 Å². The summed E-state index contributed by atoms with van der Waals surface area (Å²) in [7, 11) is 2.31. The van der Waals surface area contributed by atoms with Crippen molar-refractivity contribution in [3.63, 3.8) is 0 Å². The summed E-state index contributed by atoms with van der Waals surface area (Å²) in [5.74, 6) is -2.00. The second kappa shape index (κ2) is 8.47. The van der Waals surface area contributed by atoms with E-state index in [0.717, 1.165) is 20.3 Å². The van der Waals surface area contributed by atoms with Crippen LogP contribution in [0, 0.1) is 10.1 Å². The molecule has 0 aromatic heterocycles. The van der Waals surface area contributed by atoms with Crippen molar-refractivity contribution in [2.45, 2.75) is 0 Å². The third-order valence-electron chi connectivity index (χ3n) is 4.13. The van der Waals surface area contributed by atoms with Crippen LogP contribution >= 0.6 is 0 Å². The summed E-state index contributed by atoms with van der Waals surface area (Å²) >= 11 is 0. The number of methoxy groups -OCH3 is 2. The first kappa shape index (κ1) is 20.6. The molecule has 0 saturated carbocycles. The number of carbonyl (C=O) groups is 3. The zero-order valence-electron chi connectivity index (χ0n) is 15.9. The summed E-state index contributed by atoms with van der Waals surface area (Å²) < 4.78 is 20.0. The molecule has 11 nitrogen and oxygen atoms in total. The minimum atomic E-state index is -0.850. The summed E-state index contributed by atoms with van der Waals surface area (Å²) in [6.45, 7) is 0.460. The minimum absolute atomic E-state index is 0.0210. The molecule has 0 spiro atoms. The summed E-state index contributed by atoms with van der Waals surface area (Å²) in [6, 6.07) is 6.07. The van der Waals surface area contributed by atoms with Crippen LogP contribution in [0.2, 0.25) is 0 Å². The Morgan fingerprint density at radius 1 is 0.933 bits per heavy atom. The number of fused-ring (bicyclic) bond motifs is 1. The van der Waals surface area contributed by atoms with Crippen molar-refractivity contribution >= 4 is 29.2 Å². The molecule has 0 bridgehead atoms. The SMILES string of the molecule is COC(=O)c1cc(NC(=O)c2cc3c(cc2[N+](=O)[O-])OCCO3)cc(C(=O)OC)c1. The summed E-state index contributed by atoms with van der Waals surface area (Å²) in [5.41, 5.74) is -0.784. The van der Waals surface area contributed by atoms with E-state index in [2.05, 4.69) is 14.8 Å². The Labute approximate surface area is 169 Å². The van der Waals surface area contributed by atoms with Crippen molar-refractivity contribution in [1.82, 2.24) is 0 Å². The van der Waals surface area contributed by atoms with Gasteiger partial charge in [-0.05, 0) is 18.2 Å². The van der Waals surface area contributed by atoms with Gasteiger partial charge in [-0.1, -0.05) is 0 Å². The molecule has 1 heterocycles. The largest absolute Gasteiger partial charge is 0.486 e. The number of anilines is 1. The summed E-state index contributed by atoms with van der Waals surface area (Å²) in [5, 5.41) is 13.9. The quantitative estimate of drug-likeness (QED) is 0.440. The second-order valence-electron chi connectivity index (χ2n) is 6.01. The van der Waals surface area contributed by atoms with Crippen molar-refractivity contribution in [2.75, 3.05) is 32.8 Å². The Balaban J connectivity index is 2.00. The van der Waals surface area contributed by atoms with E-state index in [1.54, 1.807) is 0 Å². The molecule has 1 amide bonds. The van der Waals surface area contributed by atoms with Crippen LogP contribution in [0.25, 0.3) is 0 Å². The van der Waals surface area contributed by atoms with Gasteiger partial charge in [-0.3, -0.25) is 14.9 Å². The van der Waals surface area contributed by atoms with Gasteiger partial charge in [0.1, 0.15) is 18.8 Å².